The van der Waals surface area contributed by atoms with Crippen LogP contribution in [0.15, 0.2) is 67.3 Å². The first kappa shape index (κ1) is 17.4. The average molecular weight is 313 g/mol. The molecule has 2 nitrogen and oxygen atoms in total. The zero-order valence-electron chi connectivity index (χ0n) is 13.4. The lowest BCUT2D eigenvalue weighted by molar-refractivity contribution is 0.0977. The molecule has 0 aliphatic carbocycles. The summed E-state index contributed by atoms with van der Waals surface area (Å²) in [6.45, 7) is 5.36. The molecule has 3 heteroatoms. The molecule has 1 atom stereocenters. The lowest BCUT2D eigenvalue weighted by Crippen LogP contribution is -2.32. The summed E-state index contributed by atoms with van der Waals surface area (Å²) in [5, 5.41) is 10.2. The number of aliphatic hydroxyl groups excluding tert-OH is 1. The number of benzene rings is 2. The molecule has 0 saturated carbocycles. The molecular weight excluding hydrogens is 289 g/mol. The van der Waals surface area contributed by atoms with Crippen molar-refractivity contribution in [2.24, 2.45) is 0 Å². The summed E-state index contributed by atoms with van der Waals surface area (Å²) in [6, 6.07) is 16.9. The predicted molar refractivity (Wildman–Crippen MR) is 92.4 cm³/mol. The first-order valence-corrected chi connectivity index (χ1v) is 7.97. The summed E-state index contributed by atoms with van der Waals surface area (Å²) in [5.74, 6) is -0.203. The van der Waals surface area contributed by atoms with Crippen molar-refractivity contribution in [3.63, 3.8) is 0 Å². The minimum atomic E-state index is -0.441. The Bertz CT molecular complexity index is 600. The van der Waals surface area contributed by atoms with Gasteiger partial charge in [0.15, 0.2) is 0 Å². The van der Waals surface area contributed by atoms with Crippen LogP contribution in [0.5, 0.6) is 0 Å². The van der Waals surface area contributed by atoms with E-state index in [0.29, 0.717) is 31.6 Å². The Balaban J connectivity index is 2.07. The van der Waals surface area contributed by atoms with E-state index in [2.05, 4.69) is 11.5 Å². The van der Waals surface area contributed by atoms with Crippen LogP contribution in [-0.2, 0) is 13.1 Å². The second-order valence-electron chi connectivity index (χ2n) is 5.77. The third-order valence-corrected chi connectivity index (χ3v) is 3.77. The minimum Gasteiger partial charge on any atom is -0.392 e. The Hall–Kier alpha value is -1.97. The van der Waals surface area contributed by atoms with Crippen LogP contribution in [-0.4, -0.2) is 22.7 Å². The molecule has 23 heavy (non-hydrogen) atoms. The lowest BCUT2D eigenvalue weighted by atomic mass is 10.1. The highest BCUT2D eigenvalue weighted by atomic mass is 19.1. The molecule has 0 aliphatic heterocycles. The smallest absolute Gasteiger partial charge is 0.127 e. The van der Waals surface area contributed by atoms with Gasteiger partial charge in [-0.05, 0) is 24.5 Å². The minimum absolute atomic E-state index is 0.203. The molecule has 0 radical (unpaired) electrons. The third kappa shape index (κ3) is 5.97. The van der Waals surface area contributed by atoms with Gasteiger partial charge in [-0.1, -0.05) is 54.6 Å². The van der Waals surface area contributed by atoms with E-state index in [1.807, 2.05) is 42.5 Å². The number of allylic oxidation sites excluding steroid dienone is 1. The maximum atomic E-state index is 13.9. The molecule has 0 heterocycles. The van der Waals surface area contributed by atoms with Gasteiger partial charge in [0.05, 0.1) is 6.10 Å². The largest absolute Gasteiger partial charge is 0.392 e. The van der Waals surface area contributed by atoms with Crippen LogP contribution in [0.1, 0.15) is 24.0 Å². The van der Waals surface area contributed by atoms with Crippen LogP contribution in [0.4, 0.5) is 4.39 Å². The second-order valence-corrected chi connectivity index (χ2v) is 5.77. The molecule has 2 aromatic carbocycles. The fourth-order valence-electron chi connectivity index (χ4n) is 2.59. The highest BCUT2D eigenvalue weighted by Crippen LogP contribution is 2.14. The van der Waals surface area contributed by atoms with Crippen LogP contribution < -0.4 is 0 Å². The van der Waals surface area contributed by atoms with Crippen molar-refractivity contribution in [1.29, 1.82) is 0 Å². The number of hydrogen-bond donors (Lipinski definition) is 1. The fraction of sp³-hybridized carbons (Fsp3) is 0.300. The van der Waals surface area contributed by atoms with E-state index in [1.54, 1.807) is 12.1 Å². The molecule has 0 fully saturated rings. The van der Waals surface area contributed by atoms with E-state index in [9.17, 15) is 9.50 Å². The Morgan fingerprint density at radius 1 is 1.04 bits per heavy atom. The standard InChI is InChI=1S/C20H24FNO/c1-2-3-12-19(23)16-22(14-17-9-5-4-6-10-17)15-18-11-7-8-13-20(18)21/h2,4-11,13,19,23H,1,3,12,14-16H2. The lowest BCUT2D eigenvalue weighted by Gasteiger charge is -2.25. The summed E-state index contributed by atoms with van der Waals surface area (Å²) in [4.78, 5) is 2.08. The first-order valence-electron chi connectivity index (χ1n) is 7.97. The molecule has 0 amide bonds. The number of hydrogen-bond acceptors (Lipinski definition) is 2. The van der Waals surface area contributed by atoms with E-state index >= 15 is 0 Å². The van der Waals surface area contributed by atoms with Crippen molar-refractivity contribution in [1.82, 2.24) is 4.90 Å². The fourth-order valence-corrected chi connectivity index (χ4v) is 2.59. The van der Waals surface area contributed by atoms with Gasteiger partial charge in [0.25, 0.3) is 0 Å². The zero-order chi connectivity index (χ0) is 16.5. The van der Waals surface area contributed by atoms with E-state index in [0.717, 1.165) is 12.0 Å². The van der Waals surface area contributed by atoms with Crippen molar-refractivity contribution in [2.75, 3.05) is 6.54 Å². The molecular formula is C20H24FNO. The van der Waals surface area contributed by atoms with Crippen molar-refractivity contribution >= 4 is 0 Å². The van der Waals surface area contributed by atoms with Crippen molar-refractivity contribution in [2.45, 2.75) is 32.0 Å². The molecule has 1 N–H and O–H groups in total. The third-order valence-electron chi connectivity index (χ3n) is 3.77. The SMILES string of the molecule is C=CCCC(O)CN(Cc1ccccc1)Cc1ccccc1F. The van der Waals surface area contributed by atoms with Gasteiger partial charge >= 0.3 is 0 Å². The van der Waals surface area contributed by atoms with Gasteiger partial charge in [-0.25, -0.2) is 4.39 Å². The van der Waals surface area contributed by atoms with Gasteiger partial charge in [0.1, 0.15) is 5.82 Å². The number of nitrogens with zero attached hydrogens (tertiary/aromatic N) is 1. The van der Waals surface area contributed by atoms with Crippen LogP contribution in [0.25, 0.3) is 0 Å². The molecule has 2 aromatic rings. The summed E-state index contributed by atoms with van der Waals surface area (Å²) >= 11 is 0. The van der Waals surface area contributed by atoms with Gasteiger partial charge in [-0.3, -0.25) is 4.90 Å². The predicted octanol–water partition coefficient (Wildman–Crippen LogP) is 4.16. The summed E-state index contributed by atoms with van der Waals surface area (Å²) in [6.07, 6.45) is 2.82. The molecule has 0 spiro atoms. The summed E-state index contributed by atoms with van der Waals surface area (Å²) in [7, 11) is 0. The highest BCUT2D eigenvalue weighted by molar-refractivity contribution is 5.18. The van der Waals surface area contributed by atoms with Gasteiger partial charge in [0, 0.05) is 25.2 Å². The van der Waals surface area contributed by atoms with Crippen molar-refractivity contribution < 1.29 is 9.50 Å². The van der Waals surface area contributed by atoms with Crippen molar-refractivity contribution in [3.8, 4) is 0 Å². The maximum Gasteiger partial charge on any atom is 0.127 e. The van der Waals surface area contributed by atoms with E-state index in [4.69, 9.17) is 0 Å². The number of aliphatic hydroxyl groups is 1. The monoisotopic (exact) mass is 313 g/mol. The van der Waals surface area contributed by atoms with E-state index in [-0.39, 0.29) is 5.82 Å². The Morgan fingerprint density at radius 2 is 1.74 bits per heavy atom. The number of halogens is 1. The van der Waals surface area contributed by atoms with E-state index in [1.165, 1.54) is 6.07 Å². The topological polar surface area (TPSA) is 23.5 Å². The average Bonchev–Trinajstić information content (AvgIpc) is 2.56. The molecule has 2 rings (SSSR count). The van der Waals surface area contributed by atoms with Crippen LogP contribution in [0.2, 0.25) is 0 Å². The molecule has 122 valence electrons. The van der Waals surface area contributed by atoms with Crippen LogP contribution in [0, 0.1) is 5.82 Å². The maximum absolute atomic E-state index is 13.9. The molecule has 1 unspecified atom stereocenters. The van der Waals surface area contributed by atoms with E-state index < -0.39 is 6.10 Å². The van der Waals surface area contributed by atoms with Gasteiger partial charge in [-0.2, -0.15) is 0 Å². The number of rotatable bonds is 9. The Labute approximate surface area is 137 Å². The second kappa shape index (κ2) is 9.23. The van der Waals surface area contributed by atoms with Gasteiger partial charge in [0.2, 0.25) is 0 Å². The van der Waals surface area contributed by atoms with Gasteiger partial charge in [-0.15, -0.1) is 6.58 Å². The van der Waals surface area contributed by atoms with Crippen LogP contribution >= 0.6 is 0 Å². The highest BCUT2D eigenvalue weighted by Gasteiger charge is 2.14. The molecule has 0 aromatic heterocycles. The van der Waals surface area contributed by atoms with Gasteiger partial charge < -0.3 is 5.11 Å². The zero-order valence-corrected chi connectivity index (χ0v) is 13.4. The molecule has 0 bridgehead atoms. The summed E-state index contributed by atoms with van der Waals surface area (Å²) in [5.41, 5.74) is 1.80. The quantitative estimate of drug-likeness (QED) is 0.703. The first-order chi connectivity index (χ1) is 11.2. The van der Waals surface area contributed by atoms with Crippen molar-refractivity contribution in [3.05, 3.63) is 84.2 Å². The van der Waals surface area contributed by atoms with Crippen LogP contribution in [0.3, 0.4) is 0 Å². The summed E-state index contributed by atoms with van der Waals surface area (Å²) < 4.78 is 13.9. The Kier molecular flexibility index (Phi) is 6.98. The Morgan fingerprint density at radius 3 is 2.43 bits per heavy atom. The molecule has 0 saturated heterocycles. The molecule has 0 aliphatic rings. The normalized spacial score (nSPS) is 12.3.